The van der Waals surface area contributed by atoms with Crippen molar-refractivity contribution in [2.24, 2.45) is 0 Å². The lowest BCUT2D eigenvalue weighted by molar-refractivity contribution is -0.149. The highest BCUT2D eigenvalue weighted by Gasteiger charge is 2.45. The van der Waals surface area contributed by atoms with E-state index in [9.17, 15) is 19.2 Å². The zero-order valence-corrected chi connectivity index (χ0v) is 9.86. The lowest BCUT2D eigenvalue weighted by Crippen LogP contribution is -2.54. The second-order valence-electron chi connectivity index (χ2n) is 4.13. The number of rotatable bonds is 1. The van der Waals surface area contributed by atoms with E-state index in [0.29, 0.717) is 0 Å². The lowest BCUT2D eigenvalue weighted by atomic mass is 10.0. The molecule has 0 saturated carbocycles. The van der Waals surface area contributed by atoms with Gasteiger partial charge in [-0.25, -0.2) is 0 Å². The van der Waals surface area contributed by atoms with Crippen molar-refractivity contribution in [3.8, 4) is 0 Å². The molecule has 94 valence electrons. The second-order valence-corrected chi connectivity index (χ2v) is 4.13. The monoisotopic (exact) mass is 248 g/mol. The molecule has 6 nitrogen and oxygen atoms in total. The van der Waals surface area contributed by atoms with Gasteiger partial charge in [0.15, 0.2) is 0 Å². The number of likely N-dealkylation sites (tertiary alicyclic amines) is 1. The van der Waals surface area contributed by atoms with Crippen LogP contribution in [-0.4, -0.2) is 34.6 Å². The minimum Gasteiger partial charge on any atom is -0.295 e. The van der Waals surface area contributed by atoms with Crippen molar-refractivity contribution in [1.29, 1.82) is 0 Å². The molecule has 2 aliphatic rings. The predicted octanol–water partition coefficient (Wildman–Crippen LogP) is -0.337. The Labute approximate surface area is 103 Å². The fraction of sp³-hybridized carbons (Fsp3) is 0.333. The van der Waals surface area contributed by atoms with Gasteiger partial charge in [-0.2, -0.15) is 0 Å². The highest BCUT2D eigenvalue weighted by molar-refractivity contribution is 6.25. The average molecular weight is 248 g/mol. The van der Waals surface area contributed by atoms with Gasteiger partial charge in [0.05, 0.1) is 0 Å². The molecule has 0 bridgehead atoms. The number of carbonyl (C=O) groups is 4. The average Bonchev–Trinajstić information content (AvgIpc) is 2.52. The van der Waals surface area contributed by atoms with E-state index in [-0.39, 0.29) is 29.9 Å². The fourth-order valence-corrected chi connectivity index (χ4v) is 2.12. The molecule has 6 heteroatoms. The van der Waals surface area contributed by atoms with E-state index in [1.165, 1.54) is 6.08 Å². The maximum absolute atomic E-state index is 12.0. The van der Waals surface area contributed by atoms with Crippen LogP contribution >= 0.6 is 0 Å². The van der Waals surface area contributed by atoms with Crippen LogP contribution in [-0.2, 0) is 19.2 Å². The molecule has 0 spiro atoms. The number of nitrogens with zero attached hydrogens (tertiary/aromatic N) is 1. The number of hydrogen-bond acceptors (Lipinski definition) is 4. The number of allylic oxidation sites excluding steroid dienone is 1. The predicted molar refractivity (Wildman–Crippen MR) is 60.9 cm³/mol. The van der Waals surface area contributed by atoms with E-state index in [1.807, 2.05) is 0 Å². The quantitative estimate of drug-likeness (QED) is 0.508. The number of hydrogen-bond donors (Lipinski definition) is 1. The fourth-order valence-electron chi connectivity index (χ4n) is 2.12. The summed E-state index contributed by atoms with van der Waals surface area (Å²) in [5.41, 5.74) is 0.303. The summed E-state index contributed by atoms with van der Waals surface area (Å²) < 4.78 is 0. The van der Waals surface area contributed by atoms with Crippen molar-refractivity contribution in [2.45, 2.75) is 25.8 Å². The number of imide groups is 2. The second kappa shape index (κ2) is 4.21. The van der Waals surface area contributed by atoms with E-state index >= 15 is 0 Å². The maximum atomic E-state index is 12.0. The van der Waals surface area contributed by atoms with Crippen molar-refractivity contribution < 1.29 is 19.2 Å². The van der Waals surface area contributed by atoms with Crippen LogP contribution in [0.25, 0.3) is 0 Å². The summed E-state index contributed by atoms with van der Waals surface area (Å²) in [6.45, 7) is 5.17. The van der Waals surface area contributed by atoms with Gasteiger partial charge in [-0.15, -0.1) is 0 Å². The van der Waals surface area contributed by atoms with Crippen molar-refractivity contribution >= 4 is 23.6 Å². The van der Waals surface area contributed by atoms with Crippen LogP contribution in [0.5, 0.6) is 0 Å². The van der Waals surface area contributed by atoms with E-state index in [1.54, 1.807) is 6.92 Å². The summed E-state index contributed by atoms with van der Waals surface area (Å²) in [5, 5.41) is 2.12. The molecule has 0 radical (unpaired) electrons. The van der Waals surface area contributed by atoms with Crippen LogP contribution in [0.3, 0.4) is 0 Å². The molecule has 4 amide bonds. The third-order valence-corrected chi connectivity index (χ3v) is 3.06. The zero-order chi connectivity index (χ0) is 13.4. The Bertz CT molecular complexity index is 518. The van der Waals surface area contributed by atoms with Gasteiger partial charge in [0.25, 0.3) is 11.8 Å². The van der Waals surface area contributed by atoms with Gasteiger partial charge in [-0.1, -0.05) is 12.7 Å². The first-order chi connectivity index (χ1) is 8.47. The molecule has 1 atom stereocenters. The topological polar surface area (TPSA) is 83.6 Å². The molecule has 2 fully saturated rings. The van der Waals surface area contributed by atoms with Gasteiger partial charge in [-0.05, 0) is 13.3 Å². The smallest absolute Gasteiger partial charge is 0.261 e. The lowest BCUT2D eigenvalue weighted by Gasteiger charge is -2.27. The first-order valence-corrected chi connectivity index (χ1v) is 5.54. The van der Waals surface area contributed by atoms with E-state index < -0.39 is 23.8 Å². The van der Waals surface area contributed by atoms with Crippen molar-refractivity contribution in [3.63, 3.8) is 0 Å². The molecule has 2 saturated heterocycles. The molecule has 0 aromatic carbocycles. The van der Waals surface area contributed by atoms with Crippen molar-refractivity contribution in [2.75, 3.05) is 0 Å². The number of amides is 4. The molecule has 2 heterocycles. The summed E-state index contributed by atoms with van der Waals surface area (Å²) in [5.74, 6) is -2.09. The van der Waals surface area contributed by atoms with Gasteiger partial charge in [0.1, 0.15) is 6.04 Å². The Hall–Kier alpha value is -2.24. The van der Waals surface area contributed by atoms with Crippen LogP contribution in [0.2, 0.25) is 0 Å². The van der Waals surface area contributed by atoms with Gasteiger partial charge >= 0.3 is 0 Å². The summed E-state index contributed by atoms with van der Waals surface area (Å²) >= 11 is 0. The first kappa shape index (κ1) is 12.2. The Balaban J connectivity index is 2.32. The highest BCUT2D eigenvalue weighted by atomic mass is 16.2. The minimum atomic E-state index is -0.920. The molecule has 0 aliphatic carbocycles. The number of nitrogens with one attached hydrogen (secondary N) is 1. The van der Waals surface area contributed by atoms with Gasteiger partial charge in [0.2, 0.25) is 11.8 Å². The van der Waals surface area contributed by atoms with Crippen LogP contribution in [0.4, 0.5) is 0 Å². The largest absolute Gasteiger partial charge is 0.295 e. The summed E-state index contributed by atoms with van der Waals surface area (Å²) in [6, 6.07) is -0.920. The third-order valence-electron chi connectivity index (χ3n) is 3.06. The van der Waals surface area contributed by atoms with E-state index in [0.717, 1.165) is 4.90 Å². The Morgan fingerprint density at radius 3 is 2.44 bits per heavy atom. The normalized spacial score (nSPS) is 27.2. The van der Waals surface area contributed by atoms with E-state index in [2.05, 4.69) is 11.9 Å². The van der Waals surface area contributed by atoms with Crippen LogP contribution in [0.15, 0.2) is 23.8 Å². The summed E-state index contributed by atoms with van der Waals surface area (Å²) in [7, 11) is 0. The zero-order valence-electron chi connectivity index (χ0n) is 9.86. The Morgan fingerprint density at radius 2 is 1.94 bits per heavy atom. The molecular formula is C12H12N2O4. The van der Waals surface area contributed by atoms with Crippen molar-refractivity contribution in [1.82, 2.24) is 10.2 Å². The molecule has 2 rings (SSSR count). The molecule has 0 aromatic heterocycles. The molecule has 1 unspecified atom stereocenters. The van der Waals surface area contributed by atoms with Gasteiger partial charge in [-0.3, -0.25) is 29.4 Å². The van der Waals surface area contributed by atoms with E-state index in [4.69, 9.17) is 0 Å². The number of carbonyl (C=O) groups excluding carboxylic acids is 4. The maximum Gasteiger partial charge on any atom is 0.261 e. The van der Waals surface area contributed by atoms with Gasteiger partial charge < -0.3 is 0 Å². The van der Waals surface area contributed by atoms with Crippen LogP contribution in [0.1, 0.15) is 19.8 Å². The Morgan fingerprint density at radius 1 is 1.28 bits per heavy atom. The third kappa shape index (κ3) is 1.66. The molecule has 18 heavy (non-hydrogen) atoms. The minimum absolute atomic E-state index is 0.0900. The van der Waals surface area contributed by atoms with Crippen LogP contribution < -0.4 is 5.32 Å². The SMILES string of the molecule is C=C1C(=O)N(C2CCC(=O)NC2=O)C(=O)C1=CC. The first-order valence-electron chi connectivity index (χ1n) is 5.54. The Kier molecular flexibility index (Phi) is 2.86. The van der Waals surface area contributed by atoms with Crippen LogP contribution in [0, 0.1) is 0 Å². The molecule has 0 aromatic rings. The number of piperidine rings is 1. The molecule has 1 N–H and O–H groups in total. The molecule has 2 aliphatic heterocycles. The molecular weight excluding hydrogens is 236 g/mol. The summed E-state index contributed by atoms with van der Waals surface area (Å²) in [4.78, 5) is 47.5. The van der Waals surface area contributed by atoms with Crippen molar-refractivity contribution in [3.05, 3.63) is 23.8 Å². The summed E-state index contributed by atoms with van der Waals surface area (Å²) in [6.07, 6.45) is 1.77. The standard InChI is InChI=1S/C12H12N2O4/c1-3-7-6(2)11(17)14(12(7)18)8-4-5-9(15)13-10(8)16/h3,8H,2,4-5H2,1H3,(H,13,15,16). The highest BCUT2D eigenvalue weighted by Crippen LogP contribution is 2.27. The van der Waals surface area contributed by atoms with Gasteiger partial charge in [0, 0.05) is 17.6 Å².